The van der Waals surface area contributed by atoms with E-state index in [0.29, 0.717) is 65.7 Å². The highest BCUT2D eigenvalue weighted by Crippen LogP contribution is 2.44. The number of amides is 3. The molecule has 0 saturated carbocycles. The zero-order valence-corrected chi connectivity index (χ0v) is 39.9. The second-order valence-electron chi connectivity index (χ2n) is 15.2. The largest absolute Gasteiger partial charge is 0.481 e. The molecule has 20 heteroatoms. The van der Waals surface area contributed by atoms with Crippen molar-refractivity contribution >= 4 is 36.1 Å². The Kier molecular flexibility index (Phi) is 32.5. The lowest BCUT2D eigenvalue weighted by molar-refractivity contribution is -0.144. The van der Waals surface area contributed by atoms with E-state index in [1.54, 1.807) is 7.05 Å². The molecule has 3 rings (SSSR count). The van der Waals surface area contributed by atoms with Crippen LogP contribution in [-0.2, 0) is 66.6 Å². The summed E-state index contributed by atoms with van der Waals surface area (Å²) in [5.41, 5.74) is 4.54. The zero-order valence-electron chi connectivity index (χ0n) is 39.9. The number of carboxylic acid groups (broad SMARTS) is 1. The normalized spacial score (nSPS) is 11.5. The van der Waals surface area contributed by atoms with Crippen molar-refractivity contribution < 1.29 is 76.5 Å². The summed E-state index contributed by atoms with van der Waals surface area (Å²) in [4.78, 5) is 74.8. The molecule has 1 aliphatic rings. The highest BCUT2D eigenvalue weighted by Gasteiger charge is 2.29. The molecule has 380 valence electrons. The summed E-state index contributed by atoms with van der Waals surface area (Å²) in [6.07, 6.45) is 1.69. The molecule has 0 fully saturated rings. The van der Waals surface area contributed by atoms with Crippen LogP contribution in [-0.4, -0.2) is 216 Å². The van der Waals surface area contributed by atoms with Crippen molar-refractivity contribution in [2.24, 2.45) is 0 Å². The number of aliphatic carboxylic acids is 1. The number of fused-ring (bicyclic) bond motifs is 3. The lowest BCUT2D eigenvalue weighted by atomic mass is 9.98. The summed E-state index contributed by atoms with van der Waals surface area (Å²) in [6, 6.07) is 16.2. The molecular weight excluding hydrogens is 889 g/mol. The molecule has 2 aromatic rings. The molecule has 0 radical (unpaired) electrons. The van der Waals surface area contributed by atoms with Crippen LogP contribution in [0.15, 0.2) is 61.2 Å². The van der Waals surface area contributed by atoms with Crippen molar-refractivity contribution in [2.75, 3.05) is 160 Å². The van der Waals surface area contributed by atoms with Crippen molar-refractivity contribution in [1.82, 2.24) is 20.0 Å². The molecular formula is C48H72N4O16. The molecule has 3 amide bonds. The van der Waals surface area contributed by atoms with Gasteiger partial charge in [0.1, 0.15) is 26.0 Å². The number of ether oxygens (including phenoxy) is 9. The Morgan fingerprint density at radius 3 is 1.68 bits per heavy atom. The maximum absolute atomic E-state index is 12.6. The first-order valence-electron chi connectivity index (χ1n) is 22.7. The Balaban J connectivity index is 0.000000666. The maximum Gasteiger partial charge on any atom is 0.407 e. The first-order chi connectivity index (χ1) is 33.0. The molecule has 0 heterocycles. The molecule has 0 spiro atoms. The predicted octanol–water partition coefficient (Wildman–Crippen LogP) is 2.66. The van der Waals surface area contributed by atoms with E-state index in [4.69, 9.17) is 47.7 Å². The Morgan fingerprint density at radius 2 is 1.13 bits per heavy atom. The first kappa shape index (κ1) is 58.8. The van der Waals surface area contributed by atoms with Gasteiger partial charge in [0, 0.05) is 32.6 Å². The number of nitrogens with one attached hydrogen (secondary N) is 1. The fraction of sp³-hybridized carbons (Fsp3) is 0.583. The van der Waals surface area contributed by atoms with Gasteiger partial charge in [0.25, 0.3) is 0 Å². The topological polar surface area (TPSA) is 227 Å². The van der Waals surface area contributed by atoms with Crippen LogP contribution in [0, 0.1) is 0 Å². The quantitative estimate of drug-likeness (QED) is 0.0427. The minimum absolute atomic E-state index is 0.0382. The lowest BCUT2D eigenvalue weighted by Crippen LogP contribution is -2.43. The minimum Gasteiger partial charge on any atom is -0.481 e. The summed E-state index contributed by atoms with van der Waals surface area (Å²) < 4.78 is 47.6. The van der Waals surface area contributed by atoms with Gasteiger partial charge in [0.05, 0.1) is 118 Å². The van der Waals surface area contributed by atoms with E-state index in [1.165, 1.54) is 11.0 Å². The van der Waals surface area contributed by atoms with Crippen LogP contribution in [0.2, 0.25) is 0 Å². The number of nitrogens with zero attached hydrogens (tertiary/aromatic N) is 3. The Morgan fingerprint density at radius 1 is 0.632 bits per heavy atom. The molecule has 2 N–H and O–H groups in total. The number of carboxylic acids is 1. The van der Waals surface area contributed by atoms with E-state index in [2.05, 4.69) is 28.9 Å². The second kappa shape index (κ2) is 37.6. The Labute approximate surface area is 400 Å². The van der Waals surface area contributed by atoms with Gasteiger partial charge in [0.15, 0.2) is 0 Å². The molecule has 20 nitrogen and oxygen atoms in total. The van der Waals surface area contributed by atoms with Crippen LogP contribution >= 0.6 is 0 Å². The van der Waals surface area contributed by atoms with Crippen LogP contribution in [0.25, 0.3) is 11.1 Å². The van der Waals surface area contributed by atoms with Gasteiger partial charge in [-0.05, 0) is 36.3 Å². The average Bonchev–Trinajstić information content (AvgIpc) is 3.65. The minimum atomic E-state index is -0.919. The fourth-order valence-electron chi connectivity index (χ4n) is 6.12. The molecule has 0 bridgehead atoms. The number of esters is 1. The van der Waals surface area contributed by atoms with Crippen LogP contribution in [0.1, 0.15) is 36.3 Å². The molecule has 2 aromatic carbocycles. The number of rotatable bonds is 38. The Bertz CT molecular complexity index is 1720. The van der Waals surface area contributed by atoms with Gasteiger partial charge >= 0.3 is 18.0 Å². The second-order valence-corrected chi connectivity index (χ2v) is 15.2. The number of benzene rings is 2. The van der Waals surface area contributed by atoms with E-state index in [1.807, 2.05) is 50.5 Å². The summed E-state index contributed by atoms with van der Waals surface area (Å²) in [5, 5.41) is 11.2. The summed E-state index contributed by atoms with van der Waals surface area (Å²) in [6.45, 7) is 9.74. The number of hydrogen-bond acceptors (Lipinski definition) is 16. The third-order valence-electron chi connectivity index (χ3n) is 9.73. The first-order valence-corrected chi connectivity index (χ1v) is 22.7. The molecule has 0 aliphatic heterocycles. The van der Waals surface area contributed by atoms with Gasteiger partial charge < -0.3 is 72.5 Å². The number of aldehydes is 1. The Hall–Kier alpha value is -5.32. The van der Waals surface area contributed by atoms with Crippen molar-refractivity contribution in [1.29, 1.82) is 0 Å². The molecule has 1 aliphatic carbocycles. The van der Waals surface area contributed by atoms with Crippen LogP contribution in [0.5, 0.6) is 0 Å². The van der Waals surface area contributed by atoms with Crippen LogP contribution in [0.4, 0.5) is 4.79 Å². The van der Waals surface area contributed by atoms with E-state index in [-0.39, 0.29) is 109 Å². The number of carbonyl (C=O) groups is 6. The van der Waals surface area contributed by atoms with E-state index in [9.17, 15) is 28.8 Å². The number of hydrogen-bond donors (Lipinski definition) is 2. The van der Waals surface area contributed by atoms with E-state index >= 15 is 0 Å². The summed E-state index contributed by atoms with van der Waals surface area (Å²) in [5.74, 6) is -2.00. The smallest absolute Gasteiger partial charge is 0.407 e. The van der Waals surface area contributed by atoms with Gasteiger partial charge in [-0.1, -0.05) is 61.2 Å². The zero-order chi connectivity index (χ0) is 49.6. The van der Waals surface area contributed by atoms with E-state index < -0.39 is 18.0 Å². The molecule has 0 atom stereocenters. The molecule has 0 unspecified atom stereocenters. The third kappa shape index (κ3) is 26.9. The van der Waals surface area contributed by atoms with E-state index in [0.717, 1.165) is 33.7 Å². The van der Waals surface area contributed by atoms with Gasteiger partial charge in [-0.15, -0.1) is 0 Å². The monoisotopic (exact) mass is 960 g/mol. The van der Waals surface area contributed by atoms with Crippen molar-refractivity contribution in [3.8, 4) is 11.1 Å². The molecule has 0 aromatic heterocycles. The standard InChI is InChI=1S/C34H45N3O11.C14H27NO5/c1-36(14-19-46-21-23-47-22-20-45-17-11-33(41)42)32(40)24-37(13-15-38)31(39)10-16-44-18-12-35-34(43)48-25-30-28-8-4-2-6-26(28)27-7-3-5-9-29(27)30;1-4-7-20-14(16)5-8-17-10-12-19-13-11-18-9-6-15(2)3/h2-9,15,30H,10-14,16-25H2,1H3,(H,35,43)(H,41,42);4H,1,5-13H2,2-3H3. The van der Waals surface area contributed by atoms with Crippen LogP contribution < -0.4 is 5.32 Å². The molecule has 0 saturated heterocycles. The van der Waals surface area contributed by atoms with Crippen LogP contribution in [0.3, 0.4) is 0 Å². The van der Waals surface area contributed by atoms with Gasteiger partial charge in [-0.25, -0.2) is 4.79 Å². The maximum atomic E-state index is 12.6. The lowest BCUT2D eigenvalue weighted by Gasteiger charge is -2.24. The number of carbonyl (C=O) groups excluding carboxylic acids is 5. The summed E-state index contributed by atoms with van der Waals surface area (Å²) >= 11 is 0. The van der Waals surface area contributed by atoms with Gasteiger partial charge in [-0.3, -0.25) is 19.2 Å². The van der Waals surface area contributed by atoms with Gasteiger partial charge in [0.2, 0.25) is 11.8 Å². The number of alkyl carbamates (subject to hydrolysis) is 1. The van der Waals surface area contributed by atoms with Gasteiger partial charge in [-0.2, -0.15) is 0 Å². The highest BCUT2D eigenvalue weighted by atomic mass is 16.6. The highest BCUT2D eigenvalue weighted by molar-refractivity contribution is 5.86. The third-order valence-corrected chi connectivity index (χ3v) is 9.73. The SMILES string of the molecule is C=CCOC(=O)CCOCCOCCOCCN(C)C.CN(CCOCCOCCOCCC(=O)O)C(=O)CN(CC=O)C(=O)CCOCCNC(=O)OCC1c2ccccc2-c2ccccc21. The predicted molar refractivity (Wildman–Crippen MR) is 250 cm³/mol. The van der Waals surface area contributed by atoms with Crippen molar-refractivity contribution in [2.45, 2.75) is 25.2 Å². The van der Waals surface area contributed by atoms with Crippen molar-refractivity contribution in [3.63, 3.8) is 0 Å². The average molecular weight is 961 g/mol. The summed E-state index contributed by atoms with van der Waals surface area (Å²) in [7, 11) is 5.58. The fourth-order valence-corrected chi connectivity index (χ4v) is 6.12. The van der Waals surface area contributed by atoms with Crippen molar-refractivity contribution in [3.05, 3.63) is 72.3 Å². The molecule has 68 heavy (non-hydrogen) atoms. The number of likely N-dealkylation sites (N-methyl/N-ethyl adjacent to an activating group) is 2.